The zero-order valence-corrected chi connectivity index (χ0v) is 16.1. The summed E-state index contributed by atoms with van der Waals surface area (Å²) in [6.07, 6.45) is -4.76. The van der Waals surface area contributed by atoms with Gasteiger partial charge in [-0.25, -0.2) is 0 Å². The smallest absolute Gasteiger partial charge is 0.457 e. The summed E-state index contributed by atoms with van der Waals surface area (Å²) in [5, 5.41) is 3.02. The van der Waals surface area contributed by atoms with Crippen LogP contribution in [0.3, 0.4) is 0 Å². The predicted octanol–water partition coefficient (Wildman–Crippen LogP) is 7.31. The highest BCUT2D eigenvalue weighted by Crippen LogP contribution is 2.43. The summed E-state index contributed by atoms with van der Waals surface area (Å²) < 4.78 is 70.7. The lowest BCUT2D eigenvalue weighted by atomic mass is 10.0. The van der Waals surface area contributed by atoms with E-state index in [0.717, 1.165) is 24.1 Å². The second kappa shape index (κ2) is 8.73. The predicted molar refractivity (Wildman–Crippen MR) is 106 cm³/mol. The molecule has 0 saturated carbocycles. The Morgan fingerprint density at radius 1 is 0.767 bits per heavy atom. The van der Waals surface area contributed by atoms with E-state index in [2.05, 4.69) is 5.32 Å². The third kappa shape index (κ3) is 5.09. The molecule has 0 atom stereocenters. The number of hydrogen-bond acceptors (Lipinski definition) is 2. The number of benzene rings is 3. The van der Waals surface area contributed by atoms with E-state index >= 15 is 0 Å². The van der Waals surface area contributed by atoms with Crippen LogP contribution in [0.15, 0.2) is 72.8 Å². The van der Waals surface area contributed by atoms with Crippen molar-refractivity contribution in [3.8, 4) is 11.5 Å². The van der Waals surface area contributed by atoms with E-state index in [-0.39, 0.29) is 6.54 Å². The van der Waals surface area contributed by atoms with E-state index in [1.54, 1.807) is 24.3 Å². The molecule has 0 aliphatic rings. The summed E-state index contributed by atoms with van der Waals surface area (Å²) in [5.74, 6) is -3.64. The van der Waals surface area contributed by atoms with E-state index < -0.39 is 17.7 Å². The van der Waals surface area contributed by atoms with Crippen LogP contribution in [0, 0.1) is 0 Å². The number of anilines is 1. The minimum Gasteiger partial charge on any atom is -0.457 e. The lowest BCUT2D eigenvalue weighted by molar-refractivity contribution is -0.289. The van der Waals surface area contributed by atoms with Crippen LogP contribution in [0.4, 0.5) is 27.6 Å². The molecule has 0 aromatic heterocycles. The van der Waals surface area contributed by atoms with Crippen molar-refractivity contribution in [2.45, 2.75) is 32.0 Å². The van der Waals surface area contributed by atoms with Crippen LogP contribution in [0.1, 0.15) is 23.6 Å². The molecule has 0 radical (unpaired) electrons. The van der Waals surface area contributed by atoms with Gasteiger partial charge in [-0.05, 0) is 47.9 Å². The lowest BCUT2D eigenvalue weighted by Crippen LogP contribution is -2.33. The molecule has 0 aliphatic heterocycles. The van der Waals surface area contributed by atoms with Crippen molar-refractivity contribution in [3.05, 3.63) is 89.5 Å². The SMILES string of the molecule is CCc1cccc(Oc2cccc(NCc3cccc(C(F)(F)C(F)(F)F)c3)c2)c1. The maximum absolute atomic E-state index is 13.6. The Morgan fingerprint density at radius 2 is 1.40 bits per heavy atom. The average Bonchev–Trinajstić information content (AvgIpc) is 2.72. The van der Waals surface area contributed by atoms with Crippen molar-refractivity contribution in [1.82, 2.24) is 0 Å². The maximum atomic E-state index is 13.6. The van der Waals surface area contributed by atoms with E-state index in [1.165, 1.54) is 12.1 Å². The van der Waals surface area contributed by atoms with Gasteiger partial charge in [-0.2, -0.15) is 22.0 Å². The minimum atomic E-state index is -5.64. The Kier molecular flexibility index (Phi) is 6.29. The molecule has 3 aromatic carbocycles. The average molecular weight is 421 g/mol. The molecule has 0 fully saturated rings. The van der Waals surface area contributed by atoms with Gasteiger partial charge in [0, 0.05) is 23.9 Å². The largest absolute Gasteiger partial charge is 0.458 e. The van der Waals surface area contributed by atoms with Crippen molar-refractivity contribution in [2.75, 3.05) is 5.32 Å². The van der Waals surface area contributed by atoms with Gasteiger partial charge in [-0.1, -0.05) is 43.3 Å². The third-order valence-corrected chi connectivity index (χ3v) is 4.52. The summed E-state index contributed by atoms with van der Waals surface area (Å²) in [4.78, 5) is 0. The van der Waals surface area contributed by atoms with Crippen LogP contribution in [0.25, 0.3) is 0 Å². The maximum Gasteiger partial charge on any atom is 0.458 e. The van der Waals surface area contributed by atoms with Crippen molar-refractivity contribution in [1.29, 1.82) is 0 Å². The summed E-state index contributed by atoms with van der Waals surface area (Å²) in [7, 11) is 0. The van der Waals surface area contributed by atoms with Crippen molar-refractivity contribution < 1.29 is 26.7 Å². The van der Waals surface area contributed by atoms with Gasteiger partial charge in [-0.3, -0.25) is 0 Å². The molecule has 158 valence electrons. The lowest BCUT2D eigenvalue weighted by Gasteiger charge is -2.20. The normalized spacial score (nSPS) is 11.9. The van der Waals surface area contributed by atoms with Gasteiger partial charge in [0.2, 0.25) is 0 Å². The molecule has 0 saturated heterocycles. The van der Waals surface area contributed by atoms with Crippen LogP contribution in [-0.2, 0) is 18.9 Å². The molecule has 30 heavy (non-hydrogen) atoms. The van der Waals surface area contributed by atoms with Gasteiger partial charge in [0.1, 0.15) is 11.5 Å². The van der Waals surface area contributed by atoms with Gasteiger partial charge in [0.15, 0.2) is 0 Å². The molecule has 3 aromatic rings. The summed E-state index contributed by atoms with van der Waals surface area (Å²) >= 11 is 0. The van der Waals surface area contributed by atoms with Gasteiger partial charge >= 0.3 is 12.1 Å². The zero-order chi connectivity index (χ0) is 21.8. The monoisotopic (exact) mass is 421 g/mol. The number of ether oxygens (including phenoxy) is 1. The Labute approximate surface area is 171 Å². The standard InChI is InChI=1S/C23H20F5NO/c1-2-16-6-4-10-20(13-16)30-21-11-5-9-19(14-21)29-15-17-7-3-8-18(12-17)22(24,25)23(26,27)28/h3-14,29H,2,15H2,1H3. The van der Waals surface area contributed by atoms with Gasteiger partial charge in [-0.15, -0.1) is 0 Å². The van der Waals surface area contributed by atoms with Crippen molar-refractivity contribution in [3.63, 3.8) is 0 Å². The van der Waals surface area contributed by atoms with E-state index in [0.29, 0.717) is 22.7 Å². The van der Waals surface area contributed by atoms with Gasteiger partial charge < -0.3 is 10.1 Å². The topological polar surface area (TPSA) is 21.3 Å². The Balaban J connectivity index is 1.70. The van der Waals surface area contributed by atoms with Crippen molar-refractivity contribution >= 4 is 5.69 Å². The summed E-state index contributed by atoms with van der Waals surface area (Å²) in [6, 6.07) is 19.0. The molecular formula is C23H20F5NO. The molecular weight excluding hydrogens is 401 g/mol. The number of alkyl halides is 5. The van der Waals surface area contributed by atoms with Crippen molar-refractivity contribution in [2.24, 2.45) is 0 Å². The second-order valence-corrected chi connectivity index (χ2v) is 6.76. The first-order valence-corrected chi connectivity index (χ1v) is 9.34. The van der Waals surface area contributed by atoms with Crippen LogP contribution in [-0.4, -0.2) is 6.18 Å². The highest BCUT2D eigenvalue weighted by atomic mass is 19.4. The number of hydrogen-bond donors (Lipinski definition) is 1. The third-order valence-electron chi connectivity index (χ3n) is 4.52. The van der Waals surface area contributed by atoms with Gasteiger partial charge in [0.25, 0.3) is 0 Å². The molecule has 0 bridgehead atoms. The Hall–Kier alpha value is -3.09. The molecule has 0 aliphatic carbocycles. The number of halogens is 5. The molecule has 0 amide bonds. The van der Waals surface area contributed by atoms with E-state index in [9.17, 15) is 22.0 Å². The number of nitrogens with one attached hydrogen (secondary N) is 1. The highest BCUT2D eigenvalue weighted by Gasteiger charge is 2.58. The molecule has 0 heterocycles. The summed E-state index contributed by atoms with van der Waals surface area (Å²) in [6.45, 7) is 2.12. The number of aryl methyl sites for hydroxylation is 1. The minimum absolute atomic E-state index is 0.0799. The number of rotatable bonds is 7. The molecule has 2 nitrogen and oxygen atoms in total. The van der Waals surface area contributed by atoms with E-state index in [4.69, 9.17) is 4.74 Å². The second-order valence-electron chi connectivity index (χ2n) is 6.76. The first kappa shape index (κ1) is 21.6. The molecule has 3 rings (SSSR count). The fourth-order valence-corrected chi connectivity index (χ4v) is 2.88. The van der Waals surface area contributed by atoms with Crippen LogP contribution < -0.4 is 10.1 Å². The Morgan fingerprint density at radius 3 is 2.10 bits per heavy atom. The summed E-state index contributed by atoms with van der Waals surface area (Å²) in [5.41, 5.74) is 1.00. The van der Waals surface area contributed by atoms with Gasteiger partial charge in [0.05, 0.1) is 0 Å². The first-order valence-electron chi connectivity index (χ1n) is 9.34. The highest BCUT2D eigenvalue weighted by molar-refractivity contribution is 5.50. The fraction of sp³-hybridized carbons (Fsp3) is 0.217. The molecule has 7 heteroatoms. The molecule has 0 unspecified atom stereocenters. The fourth-order valence-electron chi connectivity index (χ4n) is 2.88. The van der Waals surface area contributed by atoms with Crippen LogP contribution >= 0.6 is 0 Å². The van der Waals surface area contributed by atoms with Crippen LogP contribution in [0.5, 0.6) is 11.5 Å². The quantitative estimate of drug-likeness (QED) is 0.404. The zero-order valence-electron chi connectivity index (χ0n) is 16.1. The molecule has 1 N–H and O–H groups in total. The Bertz CT molecular complexity index is 1000. The van der Waals surface area contributed by atoms with Crippen LogP contribution in [0.2, 0.25) is 0 Å². The molecule has 0 spiro atoms. The first-order chi connectivity index (χ1) is 14.2. The van der Waals surface area contributed by atoms with E-state index in [1.807, 2.05) is 31.2 Å².